The molecule has 0 aliphatic rings. The predicted octanol–water partition coefficient (Wildman–Crippen LogP) is 4.51. The standard InChI is InChI=1S/C22H21F2NO4/c1-12-15(10-20(27)29-22(2,3)4)16-9-19(26)17(24)11-18(16)25(12)21(28)13-5-7-14(23)8-6-13/h5-9,11,26H,10H2,1-4H3. The first-order valence-electron chi connectivity index (χ1n) is 9.02. The maximum absolute atomic E-state index is 14.1. The number of nitrogens with zero attached hydrogens (tertiary/aromatic N) is 1. The van der Waals surface area contributed by atoms with Gasteiger partial charge in [0.15, 0.2) is 11.6 Å². The van der Waals surface area contributed by atoms with E-state index in [1.165, 1.54) is 22.8 Å². The van der Waals surface area contributed by atoms with Gasteiger partial charge < -0.3 is 9.84 Å². The van der Waals surface area contributed by atoms with Gasteiger partial charge in [0.05, 0.1) is 11.9 Å². The Kier molecular flexibility index (Phi) is 5.17. The minimum absolute atomic E-state index is 0.158. The Morgan fingerprint density at radius 2 is 1.72 bits per heavy atom. The molecule has 0 amide bonds. The van der Waals surface area contributed by atoms with E-state index >= 15 is 0 Å². The first kappa shape index (κ1) is 20.5. The fourth-order valence-electron chi connectivity index (χ4n) is 3.22. The highest BCUT2D eigenvalue weighted by atomic mass is 19.1. The molecular weight excluding hydrogens is 380 g/mol. The van der Waals surface area contributed by atoms with Crippen LogP contribution in [0.3, 0.4) is 0 Å². The Morgan fingerprint density at radius 1 is 1.10 bits per heavy atom. The molecule has 0 aliphatic heterocycles. The summed E-state index contributed by atoms with van der Waals surface area (Å²) >= 11 is 0. The number of hydrogen-bond donors (Lipinski definition) is 1. The maximum atomic E-state index is 14.1. The molecule has 0 spiro atoms. The van der Waals surface area contributed by atoms with Gasteiger partial charge in [-0.2, -0.15) is 0 Å². The molecule has 0 atom stereocenters. The van der Waals surface area contributed by atoms with Gasteiger partial charge in [0.2, 0.25) is 0 Å². The van der Waals surface area contributed by atoms with E-state index < -0.39 is 34.9 Å². The van der Waals surface area contributed by atoms with Crippen molar-refractivity contribution >= 4 is 22.8 Å². The lowest BCUT2D eigenvalue weighted by Crippen LogP contribution is -2.25. The second-order valence-corrected chi connectivity index (χ2v) is 7.80. The fraction of sp³-hybridized carbons (Fsp3) is 0.273. The molecule has 2 aromatic carbocycles. The lowest BCUT2D eigenvalue weighted by atomic mass is 10.1. The van der Waals surface area contributed by atoms with Crippen LogP contribution in [0.1, 0.15) is 42.4 Å². The monoisotopic (exact) mass is 401 g/mol. The topological polar surface area (TPSA) is 68.5 Å². The molecule has 0 radical (unpaired) electrons. The number of carbonyl (C=O) groups is 2. The number of benzene rings is 2. The van der Waals surface area contributed by atoms with Crippen molar-refractivity contribution in [2.75, 3.05) is 0 Å². The quantitative estimate of drug-likeness (QED) is 0.656. The Morgan fingerprint density at radius 3 is 2.31 bits per heavy atom. The molecule has 0 aliphatic carbocycles. The highest BCUT2D eigenvalue weighted by molar-refractivity contribution is 6.05. The van der Waals surface area contributed by atoms with E-state index in [0.717, 1.165) is 18.2 Å². The number of esters is 1. The summed E-state index contributed by atoms with van der Waals surface area (Å²) in [6.07, 6.45) is -0.158. The highest BCUT2D eigenvalue weighted by Gasteiger charge is 2.25. The molecular formula is C22H21F2NO4. The molecule has 0 unspecified atom stereocenters. The molecule has 152 valence electrons. The number of ether oxygens (including phenoxy) is 1. The van der Waals surface area contributed by atoms with Crippen LogP contribution in [0, 0.1) is 18.6 Å². The minimum atomic E-state index is -0.896. The summed E-state index contributed by atoms with van der Waals surface area (Å²) in [5, 5.41) is 10.2. The van der Waals surface area contributed by atoms with Gasteiger partial charge >= 0.3 is 5.97 Å². The average Bonchev–Trinajstić information content (AvgIpc) is 2.85. The summed E-state index contributed by atoms with van der Waals surface area (Å²) < 4.78 is 33.9. The van der Waals surface area contributed by atoms with E-state index in [-0.39, 0.29) is 17.5 Å². The van der Waals surface area contributed by atoms with Crippen LogP contribution < -0.4 is 0 Å². The van der Waals surface area contributed by atoms with E-state index in [0.29, 0.717) is 16.6 Å². The van der Waals surface area contributed by atoms with Crippen LogP contribution >= 0.6 is 0 Å². The number of hydrogen-bond acceptors (Lipinski definition) is 4. The molecule has 0 saturated heterocycles. The molecule has 3 rings (SSSR count). The SMILES string of the molecule is Cc1c(CC(=O)OC(C)(C)C)c2cc(O)c(F)cc2n1C(=O)c1ccc(F)cc1. The number of carbonyl (C=O) groups excluding carboxylic acids is 2. The Labute approximate surface area is 166 Å². The molecule has 0 saturated carbocycles. The van der Waals surface area contributed by atoms with Crippen LogP contribution in [0.25, 0.3) is 10.9 Å². The molecule has 0 bridgehead atoms. The van der Waals surface area contributed by atoms with Crippen LogP contribution in [0.4, 0.5) is 8.78 Å². The molecule has 7 heteroatoms. The smallest absolute Gasteiger partial charge is 0.310 e. The largest absolute Gasteiger partial charge is 0.505 e. The van der Waals surface area contributed by atoms with E-state index in [1.54, 1.807) is 27.7 Å². The van der Waals surface area contributed by atoms with Crippen molar-refractivity contribution in [2.24, 2.45) is 0 Å². The maximum Gasteiger partial charge on any atom is 0.310 e. The number of aromatic nitrogens is 1. The van der Waals surface area contributed by atoms with Gasteiger partial charge in [-0.3, -0.25) is 14.2 Å². The van der Waals surface area contributed by atoms with E-state index in [4.69, 9.17) is 4.74 Å². The van der Waals surface area contributed by atoms with E-state index in [2.05, 4.69) is 0 Å². The molecule has 29 heavy (non-hydrogen) atoms. The molecule has 0 fully saturated rings. The lowest BCUT2D eigenvalue weighted by molar-refractivity contribution is -0.153. The van der Waals surface area contributed by atoms with Gasteiger partial charge in [-0.25, -0.2) is 8.78 Å². The molecule has 1 heterocycles. The van der Waals surface area contributed by atoms with Crippen molar-refractivity contribution in [1.82, 2.24) is 4.57 Å². The second kappa shape index (κ2) is 7.31. The summed E-state index contributed by atoms with van der Waals surface area (Å²) in [6, 6.07) is 7.19. The number of phenolic OH excluding ortho intramolecular Hbond substituents is 1. The average molecular weight is 401 g/mol. The predicted molar refractivity (Wildman–Crippen MR) is 104 cm³/mol. The zero-order valence-electron chi connectivity index (χ0n) is 16.5. The Balaban J connectivity index is 2.16. The van der Waals surface area contributed by atoms with Crippen molar-refractivity contribution in [3.8, 4) is 5.75 Å². The third-order valence-corrected chi connectivity index (χ3v) is 4.44. The summed E-state index contributed by atoms with van der Waals surface area (Å²) in [5.41, 5.74) is 0.557. The van der Waals surface area contributed by atoms with Crippen LogP contribution in [-0.4, -0.2) is 27.2 Å². The van der Waals surface area contributed by atoms with E-state index in [9.17, 15) is 23.5 Å². The van der Waals surface area contributed by atoms with Crippen LogP contribution in [0.2, 0.25) is 0 Å². The van der Waals surface area contributed by atoms with Crippen LogP contribution in [0.15, 0.2) is 36.4 Å². The first-order chi connectivity index (χ1) is 13.5. The van der Waals surface area contributed by atoms with Crippen molar-refractivity contribution in [2.45, 2.75) is 39.7 Å². The van der Waals surface area contributed by atoms with Crippen LogP contribution in [0.5, 0.6) is 5.75 Å². The summed E-state index contributed by atoms with van der Waals surface area (Å²) in [7, 11) is 0. The lowest BCUT2D eigenvalue weighted by Gasteiger charge is -2.19. The van der Waals surface area contributed by atoms with Crippen LogP contribution in [-0.2, 0) is 16.0 Å². The third-order valence-electron chi connectivity index (χ3n) is 4.44. The van der Waals surface area contributed by atoms with Gasteiger partial charge in [-0.15, -0.1) is 0 Å². The van der Waals surface area contributed by atoms with Gasteiger partial charge in [0, 0.05) is 22.7 Å². The normalized spacial score (nSPS) is 11.7. The number of rotatable bonds is 3. The number of aromatic hydroxyl groups is 1. The number of halogens is 2. The summed E-state index contributed by atoms with van der Waals surface area (Å²) in [4.78, 5) is 25.4. The summed E-state index contributed by atoms with van der Waals surface area (Å²) in [5.74, 6) is -3.00. The van der Waals surface area contributed by atoms with Gasteiger partial charge in [-0.1, -0.05) is 0 Å². The van der Waals surface area contributed by atoms with Gasteiger partial charge in [0.1, 0.15) is 11.4 Å². The third kappa shape index (κ3) is 4.13. The van der Waals surface area contributed by atoms with Crippen molar-refractivity contribution in [3.05, 3.63) is 64.9 Å². The van der Waals surface area contributed by atoms with Crippen molar-refractivity contribution in [3.63, 3.8) is 0 Å². The number of phenols is 1. The Bertz CT molecular complexity index is 1110. The number of fused-ring (bicyclic) bond motifs is 1. The highest BCUT2D eigenvalue weighted by Crippen LogP contribution is 2.32. The first-order valence-corrected chi connectivity index (χ1v) is 9.02. The molecule has 1 N–H and O–H groups in total. The van der Waals surface area contributed by atoms with Gasteiger partial charge in [-0.05, 0) is 63.6 Å². The van der Waals surface area contributed by atoms with E-state index in [1.807, 2.05) is 0 Å². The van der Waals surface area contributed by atoms with Gasteiger partial charge in [0.25, 0.3) is 5.91 Å². The molecule has 5 nitrogen and oxygen atoms in total. The van der Waals surface area contributed by atoms with Crippen molar-refractivity contribution in [1.29, 1.82) is 0 Å². The Hall–Kier alpha value is -3.22. The second-order valence-electron chi connectivity index (χ2n) is 7.80. The fourth-order valence-corrected chi connectivity index (χ4v) is 3.22. The zero-order chi connectivity index (χ0) is 21.5. The zero-order valence-corrected chi connectivity index (χ0v) is 16.5. The molecule has 1 aromatic heterocycles. The molecule has 3 aromatic rings. The minimum Gasteiger partial charge on any atom is -0.505 e. The summed E-state index contributed by atoms with van der Waals surface area (Å²) in [6.45, 7) is 6.83. The van der Waals surface area contributed by atoms with Crippen molar-refractivity contribution < 1.29 is 28.2 Å².